The van der Waals surface area contributed by atoms with Gasteiger partial charge in [-0.2, -0.15) is 0 Å². The summed E-state index contributed by atoms with van der Waals surface area (Å²) in [4.78, 5) is 37.4. The van der Waals surface area contributed by atoms with Crippen LogP contribution in [0.25, 0.3) is 16.6 Å². The first-order valence-electron chi connectivity index (χ1n) is 15.0. The van der Waals surface area contributed by atoms with Crippen molar-refractivity contribution in [3.63, 3.8) is 0 Å². The monoisotopic (exact) mass is 598 g/mol. The highest BCUT2D eigenvalue weighted by Gasteiger charge is 2.32. The van der Waals surface area contributed by atoms with Gasteiger partial charge in [0.2, 0.25) is 0 Å². The Morgan fingerprint density at radius 2 is 1.70 bits per heavy atom. The topological polar surface area (TPSA) is 95.2 Å². The molecule has 4 aromatic rings. The molecule has 1 aromatic heterocycles. The highest BCUT2D eigenvalue weighted by Crippen LogP contribution is 2.38. The fourth-order valence-corrected chi connectivity index (χ4v) is 5.81. The van der Waals surface area contributed by atoms with Gasteiger partial charge in [0, 0.05) is 18.8 Å². The number of halogens is 1. The summed E-state index contributed by atoms with van der Waals surface area (Å²) >= 11 is 0. The zero-order chi connectivity index (χ0) is 30.6. The second kappa shape index (κ2) is 12.9. The van der Waals surface area contributed by atoms with Gasteiger partial charge in [-0.05, 0) is 94.0 Å². The standard InChI is InChI=1S/C34H35FN4O5/c1-22-37-29-14-13-26(18-27(29)34(41)39(22)24-11-9-23(35)10-12-24)43-16-5-3-4-6-17-44-32-20-30-28(19-31(32)42-2)33(40)38-15-7-8-25(38)21-36-30/h9-14,18-21,25H,3-8,15-17H2,1-2H3/t25-/m0/s1. The van der Waals surface area contributed by atoms with E-state index in [2.05, 4.69) is 9.98 Å². The number of aryl methyl sites for hydroxylation is 1. The number of rotatable bonds is 11. The number of fused-ring (bicyclic) bond motifs is 3. The zero-order valence-electron chi connectivity index (χ0n) is 24.9. The fourth-order valence-electron chi connectivity index (χ4n) is 5.81. The number of carbonyl (C=O) groups is 1. The van der Waals surface area contributed by atoms with Crippen LogP contribution in [0.2, 0.25) is 0 Å². The van der Waals surface area contributed by atoms with E-state index in [0.717, 1.165) is 45.1 Å². The number of amides is 1. The average molecular weight is 599 g/mol. The van der Waals surface area contributed by atoms with Crippen LogP contribution in [0.4, 0.5) is 10.1 Å². The van der Waals surface area contributed by atoms with Crippen molar-refractivity contribution in [2.45, 2.75) is 51.5 Å². The highest BCUT2D eigenvalue weighted by atomic mass is 19.1. The molecule has 2 aliphatic rings. The molecule has 0 N–H and O–H groups in total. The molecule has 228 valence electrons. The average Bonchev–Trinajstić information content (AvgIpc) is 3.46. The number of aromatic nitrogens is 2. The molecule has 1 fully saturated rings. The lowest BCUT2D eigenvalue weighted by Crippen LogP contribution is -2.35. The molecule has 9 nitrogen and oxygen atoms in total. The Hall–Kier alpha value is -4.73. The number of benzene rings is 3. The molecule has 0 aliphatic carbocycles. The Balaban J connectivity index is 0.992. The predicted octanol–water partition coefficient (Wildman–Crippen LogP) is 6.18. The minimum absolute atomic E-state index is 0.00960. The van der Waals surface area contributed by atoms with Crippen molar-refractivity contribution >= 4 is 28.7 Å². The van der Waals surface area contributed by atoms with E-state index in [9.17, 15) is 14.0 Å². The molecular formula is C34H35FN4O5. The lowest BCUT2D eigenvalue weighted by molar-refractivity contribution is 0.0774. The van der Waals surface area contributed by atoms with Crippen LogP contribution in [0.3, 0.4) is 0 Å². The third-order valence-electron chi connectivity index (χ3n) is 8.12. The van der Waals surface area contributed by atoms with Crippen molar-refractivity contribution in [1.29, 1.82) is 0 Å². The maximum Gasteiger partial charge on any atom is 0.266 e. The molecule has 10 heteroatoms. The Labute approximate surface area is 254 Å². The van der Waals surface area contributed by atoms with Gasteiger partial charge in [-0.3, -0.25) is 19.1 Å². The Kier molecular flexibility index (Phi) is 8.58. The lowest BCUT2D eigenvalue weighted by atomic mass is 10.1. The van der Waals surface area contributed by atoms with E-state index in [1.807, 2.05) is 17.2 Å². The second-order valence-corrected chi connectivity index (χ2v) is 11.1. The largest absolute Gasteiger partial charge is 0.494 e. The third kappa shape index (κ3) is 6.02. The molecule has 3 heterocycles. The number of aliphatic imine (C=N–C) groups is 1. The van der Waals surface area contributed by atoms with Gasteiger partial charge in [0.05, 0.1) is 54.2 Å². The molecule has 0 spiro atoms. The van der Waals surface area contributed by atoms with Gasteiger partial charge in [0.1, 0.15) is 17.4 Å². The molecule has 3 aromatic carbocycles. The van der Waals surface area contributed by atoms with Crippen LogP contribution in [0.5, 0.6) is 17.2 Å². The van der Waals surface area contributed by atoms with Gasteiger partial charge < -0.3 is 19.1 Å². The van der Waals surface area contributed by atoms with Crippen LogP contribution < -0.4 is 19.8 Å². The highest BCUT2D eigenvalue weighted by molar-refractivity contribution is 6.03. The molecule has 0 bridgehead atoms. The van der Waals surface area contributed by atoms with Gasteiger partial charge in [0.15, 0.2) is 11.5 Å². The van der Waals surface area contributed by atoms with Crippen LogP contribution in [0.15, 0.2) is 64.4 Å². The zero-order valence-corrected chi connectivity index (χ0v) is 24.9. The van der Waals surface area contributed by atoms with Crippen molar-refractivity contribution in [1.82, 2.24) is 14.5 Å². The normalized spacial score (nSPS) is 15.7. The van der Waals surface area contributed by atoms with Gasteiger partial charge in [-0.25, -0.2) is 9.37 Å². The van der Waals surface area contributed by atoms with Crippen molar-refractivity contribution < 1.29 is 23.4 Å². The van der Waals surface area contributed by atoms with Crippen LogP contribution in [0, 0.1) is 12.7 Å². The van der Waals surface area contributed by atoms with E-state index in [0.29, 0.717) is 64.1 Å². The van der Waals surface area contributed by atoms with Gasteiger partial charge >= 0.3 is 0 Å². The number of nitrogens with zero attached hydrogens (tertiary/aromatic N) is 4. The maximum atomic E-state index is 13.4. The SMILES string of the molecule is COc1cc2c(cc1OCCCCCCOc1ccc3nc(C)n(-c4ccc(F)cc4)c(=O)c3c1)N=C[C@@H]1CCCN1C2=O. The number of hydrogen-bond acceptors (Lipinski definition) is 7. The van der Waals surface area contributed by atoms with Gasteiger partial charge in [0.25, 0.3) is 11.5 Å². The van der Waals surface area contributed by atoms with E-state index in [1.54, 1.807) is 50.4 Å². The fraction of sp³-hybridized carbons (Fsp3) is 0.353. The Morgan fingerprint density at radius 3 is 2.48 bits per heavy atom. The minimum Gasteiger partial charge on any atom is -0.494 e. The second-order valence-electron chi connectivity index (χ2n) is 11.1. The molecule has 2 aliphatic heterocycles. The summed E-state index contributed by atoms with van der Waals surface area (Å²) < 4.78 is 32.4. The van der Waals surface area contributed by atoms with Gasteiger partial charge in [-0.1, -0.05) is 0 Å². The molecule has 1 saturated heterocycles. The molecule has 0 saturated carbocycles. The molecule has 0 unspecified atom stereocenters. The summed E-state index contributed by atoms with van der Waals surface area (Å²) in [5.41, 5.74) is 2.08. The first-order chi connectivity index (χ1) is 21.4. The molecule has 0 radical (unpaired) electrons. The van der Waals surface area contributed by atoms with E-state index in [-0.39, 0.29) is 23.3 Å². The summed E-state index contributed by atoms with van der Waals surface area (Å²) in [5, 5.41) is 0.443. The number of carbonyl (C=O) groups excluding carboxylic acids is 1. The molecular weight excluding hydrogens is 563 g/mol. The van der Waals surface area contributed by atoms with E-state index in [4.69, 9.17) is 14.2 Å². The number of hydrogen-bond donors (Lipinski definition) is 0. The third-order valence-corrected chi connectivity index (χ3v) is 8.12. The van der Waals surface area contributed by atoms with Crippen molar-refractivity contribution in [3.05, 3.63) is 82.2 Å². The maximum absolute atomic E-state index is 13.4. The van der Waals surface area contributed by atoms with Crippen molar-refractivity contribution in [2.24, 2.45) is 4.99 Å². The summed E-state index contributed by atoms with van der Waals surface area (Å²) in [6.45, 7) is 3.53. The number of unbranched alkanes of at least 4 members (excludes halogenated alkanes) is 3. The predicted molar refractivity (Wildman–Crippen MR) is 167 cm³/mol. The first-order valence-corrected chi connectivity index (χ1v) is 15.0. The summed E-state index contributed by atoms with van der Waals surface area (Å²) in [7, 11) is 1.58. The lowest BCUT2D eigenvalue weighted by Gasteiger charge is -2.20. The summed E-state index contributed by atoms with van der Waals surface area (Å²) in [5.74, 6) is 1.87. The smallest absolute Gasteiger partial charge is 0.266 e. The molecule has 1 amide bonds. The van der Waals surface area contributed by atoms with Crippen LogP contribution >= 0.6 is 0 Å². The molecule has 44 heavy (non-hydrogen) atoms. The molecule has 6 rings (SSSR count). The summed E-state index contributed by atoms with van der Waals surface area (Å²) in [6, 6.07) is 14.7. The van der Waals surface area contributed by atoms with E-state index < -0.39 is 0 Å². The number of methoxy groups -OCH3 is 1. The Bertz CT molecular complexity index is 1770. The van der Waals surface area contributed by atoms with Crippen molar-refractivity contribution in [2.75, 3.05) is 26.9 Å². The van der Waals surface area contributed by atoms with Crippen LogP contribution in [0.1, 0.15) is 54.7 Å². The van der Waals surface area contributed by atoms with Crippen molar-refractivity contribution in [3.8, 4) is 22.9 Å². The summed E-state index contributed by atoms with van der Waals surface area (Å²) in [6.07, 6.45) is 7.40. The number of ether oxygens (including phenoxy) is 3. The molecule has 1 atom stereocenters. The van der Waals surface area contributed by atoms with Crippen LogP contribution in [-0.4, -0.2) is 59.5 Å². The minimum atomic E-state index is -0.365. The van der Waals surface area contributed by atoms with Crippen LogP contribution in [-0.2, 0) is 0 Å². The van der Waals surface area contributed by atoms with Gasteiger partial charge in [-0.15, -0.1) is 0 Å². The quantitative estimate of drug-likeness (QED) is 0.191. The Morgan fingerprint density at radius 1 is 0.932 bits per heavy atom. The van der Waals surface area contributed by atoms with E-state index >= 15 is 0 Å². The van der Waals surface area contributed by atoms with E-state index in [1.165, 1.54) is 16.7 Å². The first kappa shape index (κ1) is 29.3.